The van der Waals surface area contributed by atoms with E-state index in [0.717, 1.165) is 27.2 Å². The Morgan fingerprint density at radius 1 is 1.23 bits per heavy atom. The molecule has 26 heavy (non-hydrogen) atoms. The zero-order chi connectivity index (χ0) is 18.7. The summed E-state index contributed by atoms with van der Waals surface area (Å²) in [5, 5.41) is 0.864. The monoisotopic (exact) mass is 391 g/mol. The second-order valence-corrected chi connectivity index (χ2v) is 8.68. The Balaban J connectivity index is 1.68. The van der Waals surface area contributed by atoms with Gasteiger partial charge in [-0.3, -0.25) is 4.98 Å². The molecule has 0 aliphatic heterocycles. The lowest BCUT2D eigenvalue weighted by molar-refractivity contribution is 0.580. The number of thiazole rings is 1. The van der Waals surface area contributed by atoms with Crippen molar-refractivity contribution in [1.29, 1.82) is 0 Å². The molecule has 136 valence electrons. The number of nitrogens with zero attached hydrogens (tertiary/aromatic N) is 2. The van der Waals surface area contributed by atoms with Crippen molar-refractivity contribution >= 4 is 21.4 Å². The molecule has 0 aliphatic carbocycles. The maximum Gasteiger partial charge on any atom is 0.240 e. The first-order chi connectivity index (χ1) is 12.4. The molecule has 0 aliphatic rings. The van der Waals surface area contributed by atoms with E-state index >= 15 is 0 Å². The molecule has 0 bridgehead atoms. The Labute approximate surface area is 156 Å². The Morgan fingerprint density at radius 2 is 2.04 bits per heavy atom. The van der Waals surface area contributed by atoms with E-state index in [1.807, 2.05) is 19.1 Å². The average Bonchev–Trinajstić information content (AvgIpc) is 2.99. The third-order valence-electron chi connectivity index (χ3n) is 3.89. The van der Waals surface area contributed by atoms with Crippen molar-refractivity contribution in [1.82, 2.24) is 14.7 Å². The van der Waals surface area contributed by atoms with E-state index in [1.165, 1.54) is 30.4 Å². The first kappa shape index (κ1) is 18.6. The molecule has 0 atom stereocenters. The van der Waals surface area contributed by atoms with Crippen LogP contribution in [0.15, 0.2) is 47.6 Å². The minimum absolute atomic E-state index is 0.0634. The summed E-state index contributed by atoms with van der Waals surface area (Å²) in [6.45, 7) is 3.69. The highest BCUT2D eigenvalue weighted by atomic mass is 32.2. The van der Waals surface area contributed by atoms with Crippen molar-refractivity contribution in [2.75, 3.05) is 6.54 Å². The summed E-state index contributed by atoms with van der Waals surface area (Å²) in [6.07, 6.45) is 3.99. The number of aromatic nitrogens is 2. The third-order valence-corrected chi connectivity index (χ3v) is 6.61. The van der Waals surface area contributed by atoms with Gasteiger partial charge in [0, 0.05) is 29.4 Å². The summed E-state index contributed by atoms with van der Waals surface area (Å²) in [5.41, 5.74) is 2.12. The van der Waals surface area contributed by atoms with Gasteiger partial charge in [0.2, 0.25) is 10.0 Å². The van der Waals surface area contributed by atoms with Crippen LogP contribution in [-0.2, 0) is 16.4 Å². The fourth-order valence-electron chi connectivity index (χ4n) is 2.44. The lowest BCUT2D eigenvalue weighted by Gasteiger charge is -2.07. The van der Waals surface area contributed by atoms with Gasteiger partial charge in [-0.25, -0.2) is 22.5 Å². The fraction of sp³-hybridized carbons (Fsp3) is 0.222. The zero-order valence-corrected chi connectivity index (χ0v) is 16.0. The molecule has 3 rings (SSSR count). The number of halogens is 1. The van der Waals surface area contributed by atoms with E-state index < -0.39 is 15.8 Å². The number of pyridine rings is 1. The van der Waals surface area contributed by atoms with Gasteiger partial charge >= 0.3 is 0 Å². The standard InChI is InChI=1S/C18H18FN3O2S2/c1-12-10-15(5-6-16(12)19)26(23,24)21-9-7-17-13(2)22-18(25-17)14-4-3-8-20-11-14/h3-6,8,10-11,21H,7,9H2,1-2H3. The summed E-state index contributed by atoms with van der Waals surface area (Å²) < 4.78 is 40.6. The van der Waals surface area contributed by atoms with Crippen LogP contribution in [0.1, 0.15) is 16.1 Å². The van der Waals surface area contributed by atoms with Crippen molar-refractivity contribution in [3.63, 3.8) is 0 Å². The maximum absolute atomic E-state index is 13.3. The lowest BCUT2D eigenvalue weighted by atomic mass is 10.2. The number of hydrogen-bond acceptors (Lipinski definition) is 5. The van der Waals surface area contributed by atoms with Gasteiger partial charge < -0.3 is 0 Å². The molecule has 8 heteroatoms. The molecule has 3 aromatic rings. The van der Waals surface area contributed by atoms with E-state index in [2.05, 4.69) is 14.7 Å². The van der Waals surface area contributed by atoms with Gasteiger partial charge in [0.1, 0.15) is 10.8 Å². The molecular weight excluding hydrogens is 373 g/mol. The minimum Gasteiger partial charge on any atom is -0.264 e. The highest BCUT2D eigenvalue weighted by Gasteiger charge is 2.16. The third kappa shape index (κ3) is 4.14. The van der Waals surface area contributed by atoms with Crippen LogP contribution in [0, 0.1) is 19.7 Å². The minimum atomic E-state index is -3.67. The van der Waals surface area contributed by atoms with Crippen molar-refractivity contribution < 1.29 is 12.8 Å². The quantitative estimate of drug-likeness (QED) is 0.698. The predicted molar refractivity (Wildman–Crippen MR) is 100 cm³/mol. The predicted octanol–water partition coefficient (Wildman–Crippen LogP) is 3.48. The van der Waals surface area contributed by atoms with Crippen LogP contribution in [0.25, 0.3) is 10.6 Å². The lowest BCUT2D eigenvalue weighted by Crippen LogP contribution is -2.26. The number of benzene rings is 1. The topological polar surface area (TPSA) is 72.0 Å². The fourth-order valence-corrected chi connectivity index (χ4v) is 4.61. The highest BCUT2D eigenvalue weighted by Crippen LogP contribution is 2.27. The Morgan fingerprint density at radius 3 is 2.73 bits per heavy atom. The summed E-state index contributed by atoms with van der Waals surface area (Å²) >= 11 is 1.53. The van der Waals surface area contributed by atoms with Crippen molar-refractivity contribution in [2.24, 2.45) is 0 Å². The van der Waals surface area contributed by atoms with Gasteiger partial charge in [-0.2, -0.15) is 0 Å². The van der Waals surface area contributed by atoms with Gasteiger partial charge in [-0.1, -0.05) is 0 Å². The van der Waals surface area contributed by atoms with Crippen molar-refractivity contribution in [3.05, 3.63) is 64.7 Å². The molecule has 1 N–H and O–H groups in total. The first-order valence-corrected chi connectivity index (χ1v) is 10.3. The van der Waals surface area contributed by atoms with E-state index in [0.29, 0.717) is 12.0 Å². The molecule has 0 amide bonds. The smallest absolute Gasteiger partial charge is 0.240 e. The van der Waals surface area contributed by atoms with Crippen LogP contribution in [0.3, 0.4) is 0 Å². The van der Waals surface area contributed by atoms with E-state index in [-0.39, 0.29) is 11.4 Å². The van der Waals surface area contributed by atoms with Gasteiger partial charge in [-0.05, 0) is 56.2 Å². The van der Waals surface area contributed by atoms with Crippen LogP contribution >= 0.6 is 11.3 Å². The van der Waals surface area contributed by atoms with E-state index in [1.54, 1.807) is 12.4 Å². The van der Waals surface area contributed by atoms with Crippen LogP contribution in [0.4, 0.5) is 4.39 Å². The average molecular weight is 391 g/mol. The molecule has 5 nitrogen and oxygen atoms in total. The van der Waals surface area contributed by atoms with Crippen LogP contribution in [0.5, 0.6) is 0 Å². The number of sulfonamides is 1. The maximum atomic E-state index is 13.3. The van der Waals surface area contributed by atoms with Crippen LogP contribution in [-0.4, -0.2) is 24.9 Å². The highest BCUT2D eigenvalue weighted by molar-refractivity contribution is 7.89. The molecule has 2 aromatic heterocycles. The van der Waals surface area contributed by atoms with Crippen molar-refractivity contribution in [3.8, 4) is 10.6 Å². The first-order valence-electron chi connectivity index (χ1n) is 7.99. The summed E-state index contributed by atoms with van der Waals surface area (Å²) in [4.78, 5) is 9.70. The second-order valence-electron chi connectivity index (χ2n) is 5.83. The van der Waals surface area contributed by atoms with E-state index in [9.17, 15) is 12.8 Å². The number of rotatable bonds is 6. The molecule has 1 aromatic carbocycles. The number of nitrogens with one attached hydrogen (secondary N) is 1. The summed E-state index contributed by atoms with van der Waals surface area (Å²) in [6, 6.07) is 7.55. The number of hydrogen-bond donors (Lipinski definition) is 1. The second kappa shape index (κ2) is 7.61. The SMILES string of the molecule is Cc1cc(S(=O)(=O)NCCc2sc(-c3cccnc3)nc2C)ccc1F. The number of aryl methyl sites for hydroxylation is 2. The molecule has 0 saturated heterocycles. The van der Waals surface area contributed by atoms with Gasteiger partial charge in [0.15, 0.2) is 0 Å². The molecule has 0 unspecified atom stereocenters. The largest absolute Gasteiger partial charge is 0.264 e. The van der Waals surface area contributed by atoms with Crippen LogP contribution < -0.4 is 4.72 Å². The molecule has 0 spiro atoms. The summed E-state index contributed by atoms with van der Waals surface area (Å²) in [7, 11) is -3.67. The van der Waals surface area contributed by atoms with E-state index in [4.69, 9.17) is 0 Å². The Bertz CT molecular complexity index is 1020. The molecular formula is C18H18FN3O2S2. The molecule has 0 saturated carbocycles. The van der Waals surface area contributed by atoms with Crippen LogP contribution in [0.2, 0.25) is 0 Å². The summed E-state index contributed by atoms with van der Waals surface area (Å²) in [5.74, 6) is -0.424. The Hall–Kier alpha value is -2.16. The van der Waals surface area contributed by atoms with Crippen molar-refractivity contribution in [2.45, 2.75) is 25.2 Å². The Kier molecular flexibility index (Phi) is 5.45. The van der Waals surface area contributed by atoms with Gasteiger partial charge in [0.25, 0.3) is 0 Å². The normalized spacial score (nSPS) is 11.7. The molecule has 0 radical (unpaired) electrons. The zero-order valence-electron chi connectivity index (χ0n) is 14.4. The molecule has 0 fully saturated rings. The van der Waals surface area contributed by atoms with Gasteiger partial charge in [0.05, 0.1) is 10.6 Å². The van der Waals surface area contributed by atoms with Gasteiger partial charge in [-0.15, -0.1) is 11.3 Å². The molecule has 2 heterocycles.